The Bertz CT molecular complexity index is 6140. The first-order valence-electron chi connectivity index (χ1n) is 48.4. The molecule has 0 N–H and O–H groups in total. The van der Waals surface area contributed by atoms with Crippen LogP contribution in [0.15, 0.2) is 225 Å². The quantitative estimate of drug-likeness (QED) is 0.135. The van der Waals surface area contributed by atoms with E-state index in [1.54, 1.807) is 6.20 Å². The molecule has 8 aliphatic rings. The molecular weight excluding hydrogens is 1380 g/mol. The van der Waals surface area contributed by atoms with Gasteiger partial charge in [-0.1, -0.05) is 210 Å². The van der Waals surface area contributed by atoms with Crippen molar-refractivity contribution in [1.82, 2.24) is 0 Å². The van der Waals surface area contributed by atoms with E-state index in [1.165, 1.54) is 128 Å². The van der Waals surface area contributed by atoms with Gasteiger partial charge in [0.15, 0.2) is 24.8 Å². The van der Waals surface area contributed by atoms with Crippen LogP contribution < -0.4 is 18.3 Å². The second kappa shape index (κ2) is 32.2. The number of aryl methyl sites for hydroxylation is 12. The largest absolute Gasteiger partial charge is 0.213 e. The average molecular weight is 1510 g/mol. The van der Waals surface area contributed by atoms with E-state index in [2.05, 4.69) is 259 Å². The molecule has 580 valence electrons. The van der Waals surface area contributed by atoms with Gasteiger partial charge in [-0.15, -0.1) is 0 Å². The van der Waals surface area contributed by atoms with Crippen molar-refractivity contribution < 1.29 is 33.3 Å². The molecule has 4 nitrogen and oxygen atoms in total. The summed E-state index contributed by atoms with van der Waals surface area (Å²) in [7, 11) is 8.17. The Morgan fingerprint density at radius 3 is 0.930 bits per heavy atom. The third-order valence-corrected chi connectivity index (χ3v) is 27.6. The summed E-state index contributed by atoms with van der Waals surface area (Å²) in [6.07, 6.45) is 27.5. The van der Waals surface area contributed by atoms with E-state index >= 15 is 0 Å². The van der Waals surface area contributed by atoms with Crippen LogP contribution in [0, 0.1) is 70.1 Å². The minimum Gasteiger partial charge on any atom is -0.201 e. The number of aromatic nitrogens is 4. The molecule has 0 saturated heterocycles. The standard InChI is InChI=1S/2C28H32N.2C27H30N/c1-20-9-5-6-10-25(20)27-16-26(21(2)19-29(27)3)22-11-12-23-17-28(18-24(23)15-22)13-7-4-8-14-28;1-21-8-4-5-9-26(21)27-19-24(13-17-29(27)2)22-10-11-25-20-28(14-6-3-7-15-28)16-12-23(25)18-22;2*1-19-8-4-5-9-24(19)26-15-25(20(2)18-28(26)3)21-10-11-22-16-27(12-6-7-13-27)17-23(22)14-21/h5-6,9-12,15-16,19H,4,7-8,13-14,17-18H2,1-3H3;4-5,8-11,13,17-19H,3,6-7,12,14-16,20H2,1-2H3;2*4-5,8-11,14-15,18H,6-7,12-13,16-17H2,1-3H3/q4*+1/i18D2;12D2;2D3,17D2;17D2. The van der Waals surface area contributed by atoms with Gasteiger partial charge in [0.25, 0.3) is 0 Å². The molecule has 12 aromatic rings. The Morgan fingerprint density at radius 2 is 0.553 bits per heavy atom. The molecule has 8 aromatic carbocycles. The van der Waals surface area contributed by atoms with Gasteiger partial charge in [-0.3, -0.25) is 0 Å². The van der Waals surface area contributed by atoms with E-state index in [4.69, 9.17) is 15.1 Å². The van der Waals surface area contributed by atoms with Gasteiger partial charge in [0.05, 0.1) is 0 Å². The van der Waals surface area contributed by atoms with Gasteiger partial charge >= 0.3 is 0 Å². The predicted molar refractivity (Wildman–Crippen MR) is 474 cm³/mol. The number of nitrogens with zero attached hydrogens (tertiary/aromatic N) is 4. The second-order valence-corrected chi connectivity index (χ2v) is 35.8. The Morgan fingerprint density at radius 1 is 0.254 bits per heavy atom. The number of pyridine rings is 4. The highest BCUT2D eigenvalue weighted by molar-refractivity contribution is 5.77. The van der Waals surface area contributed by atoms with Gasteiger partial charge < -0.3 is 0 Å². The average Bonchev–Trinajstić information content (AvgIpc) is 1.58. The SMILES string of the molecule is [2H]C([2H])([2H])c1c[n+](C)c(-c2ccccc2C)cc1-c1ccc2c(c1)C([2H])([2H])C1(CCCC1)C2.[2H]C1([2H])CC2(CCCCC2)Cc2ccc(-c3cc[n+](C)c(-c4ccccc4C)c3)cc21.[2H]C1([2H])c2cc(-c3cc(-c4ccccc4C)[n+](C)cc3C)ccc2CC12CCCC2.[2H]C1([2H])c2cc(-c3cc(-c4ccccc4C)[n+](C)cc3C)ccc2CC12CCCCC2. The minimum atomic E-state index is -2.28. The monoisotopic (exact) mass is 1510 g/mol. The van der Waals surface area contributed by atoms with E-state index in [-0.39, 0.29) is 27.2 Å². The van der Waals surface area contributed by atoms with Crippen molar-refractivity contribution in [2.24, 2.45) is 49.9 Å². The number of benzene rings is 8. The second-order valence-electron chi connectivity index (χ2n) is 35.8. The summed E-state index contributed by atoms with van der Waals surface area (Å²) >= 11 is 0. The van der Waals surface area contributed by atoms with Crippen LogP contribution in [0.5, 0.6) is 0 Å². The fourth-order valence-corrected chi connectivity index (χ4v) is 21.2. The Hall–Kier alpha value is -9.64. The number of fused-ring (bicyclic) bond motifs is 4. The maximum Gasteiger partial charge on any atom is 0.213 e. The molecule has 0 unspecified atom stereocenters. The Kier molecular flexibility index (Phi) is 18.3. The highest BCUT2D eigenvalue weighted by Crippen LogP contribution is 2.53. The van der Waals surface area contributed by atoms with Crippen molar-refractivity contribution >= 4 is 0 Å². The molecule has 0 amide bonds. The lowest BCUT2D eigenvalue weighted by Gasteiger charge is -2.41. The summed E-state index contributed by atoms with van der Waals surface area (Å²) in [4.78, 5) is 0. The summed E-state index contributed by atoms with van der Waals surface area (Å²) in [5.74, 6) is 0. The Balaban J connectivity index is 0.000000118. The van der Waals surface area contributed by atoms with Crippen LogP contribution in [0.25, 0.3) is 89.5 Å². The maximum absolute atomic E-state index is 9.12. The lowest BCUT2D eigenvalue weighted by atomic mass is 9.64. The molecule has 0 radical (unpaired) electrons. The molecular formula is C110H124N4+4. The molecule has 0 bridgehead atoms. The molecule has 0 atom stereocenters. The molecule has 4 spiro atoms. The number of hydrogen-bond acceptors (Lipinski definition) is 0. The summed E-state index contributed by atoms with van der Waals surface area (Å²) in [6.45, 7) is 10.5. The third-order valence-electron chi connectivity index (χ3n) is 27.6. The highest BCUT2D eigenvalue weighted by atomic mass is 14.9. The van der Waals surface area contributed by atoms with Crippen molar-refractivity contribution in [3.05, 3.63) is 308 Å². The van der Waals surface area contributed by atoms with Gasteiger partial charge in [-0.2, -0.15) is 0 Å². The lowest BCUT2D eigenvalue weighted by Crippen LogP contribution is -2.31. The van der Waals surface area contributed by atoms with E-state index in [0.717, 1.165) is 175 Å². The fourth-order valence-electron chi connectivity index (χ4n) is 21.2. The van der Waals surface area contributed by atoms with Crippen molar-refractivity contribution in [2.45, 2.75) is 222 Å². The molecule has 4 fully saturated rings. The van der Waals surface area contributed by atoms with Crippen molar-refractivity contribution in [1.29, 1.82) is 0 Å². The topological polar surface area (TPSA) is 15.5 Å². The van der Waals surface area contributed by atoms with Gasteiger partial charge in [-0.25, -0.2) is 18.3 Å². The first-order valence-corrected chi connectivity index (χ1v) is 42.9. The van der Waals surface area contributed by atoms with Gasteiger partial charge in [-0.05, 0) is 315 Å². The zero-order chi connectivity index (χ0) is 88.1. The van der Waals surface area contributed by atoms with Crippen LogP contribution in [0.1, 0.15) is 221 Å². The molecule has 4 heteroatoms. The number of hydrogen-bond donors (Lipinski definition) is 0. The summed E-state index contributed by atoms with van der Waals surface area (Å²) < 4.78 is 105. The van der Waals surface area contributed by atoms with Gasteiger partial charge in [0.2, 0.25) is 22.8 Å². The summed E-state index contributed by atoms with van der Waals surface area (Å²) in [6, 6.07) is 70.0. The van der Waals surface area contributed by atoms with Crippen LogP contribution in [-0.2, 0) is 79.4 Å². The van der Waals surface area contributed by atoms with Gasteiger partial charge in [0, 0.05) is 84.4 Å². The normalized spacial score (nSPS) is 20.8. The van der Waals surface area contributed by atoms with E-state index in [9.17, 15) is 0 Å². The van der Waals surface area contributed by atoms with Crippen molar-refractivity contribution in [3.8, 4) is 89.5 Å². The van der Waals surface area contributed by atoms with Crippen LogP contribution in [-0.4, -0.2) is 0 Å². The first-order chi connectivity index (χ1) is 59.5. The maximum atomic E-state index is 9.12. The molecule has 4 heterocycles. The summed E-state index contributed by atoms with van der Waals surface area (Å²) in [5, 5.41) is 0. The fraction of sp³-hybridized carbons (Fsp3) is 0.382. The van der Waals surface area contributed by atoms with Crippen molar-refractivity contribution in [3.63, 3.8) is 0 Å². The first kappa shape index (κ1) is 64.6. The zero-order valence-electron chi connectivity index (χ0n) is 80.4. The lowest BCUT2D eigenvalue weighted by molar-refractivity contribution is -0.660. The van der Waals surface area contributed by atoms with E-state index < -0.39 is 32.3 Å². The smallest absolute Gasteiger partial charge is 0.201 e. The Labute approximate surface area is 699 Å². The van der Waals surface area contributed by atoms with Gasteiger partial charge in [0.1, 0.15) is 28.2 Å². The van der Waals surface area contributed by atoms with Crippen LogP contribution >= 0.6 is 0 Å². The zero-order valence-corrected chi connectivity index (χ0v) is 69.4. The van der Waals surface area contributed by atoms with Crippen LogP contribution in [0.2, 0.25) is 0 Å². The molecule has 0 aliphatic heterocycles. The molecule has 114 heavy (non-hydrogen) atoms. The van der Waals surface area contributed by atoms with E-state index in [0.29, 0.717) is 12.0 Å². The molecule has 8 aliphatic carbocycles. The highest BCUT2D eigenvalue weighted by Gasteiger charge is 2.43. The molecule has 4 saturated carbocycles. The number of rotatable bonds is 8. The van der Waals surface area contributed by atoms with Crippen LogP contribution in [0.4, 0.5) is 0 Å². The summed E-state index contributed by atoms with van der Waals surface area (Å²) in [5.41, 5.74) is 32.9. The predicted octanol–water partition coefficient (Wildman–Crippen LogP) is 25.3. The molecule has 20 rings (SSSR count). The van der Waals surface area contributed by atoms with Crippen molar-refractivity contribution in [2.75, 3.05) is 0 Å². The minimum absolute atomic E-state index is 0.175. The molecule has 4 aromatic heterocycles. The van der Waals surface area contributed by atoms with Crippen LogP contribution in [0.3, 0.4) is 0 Å². The third kappa shape index (κ3) is 15.8. The van der Waals surface area contributed by atoms with E-state index in [1.807, 2.05) is 48.0 Å².